The lowest BCUT2D eigenvalue weighted by Crippen LogP contribution is -2.26. The minimum atomic E-state index is -0.0711. The summed E-state index contributed by atoms with van der Waals surface area (Å²) in [7, 11) is 0. The first-order valence-corrected chi connectivity index (χ1v) is 7.95. The van der Waals surface area contributed by atoms with E-state index in [2.05, 4.69) is 15.3 Å². The summed E-state index contributed by atoms with van der Waals surface area (Å²) in [6.07, 6.45) is 5.04. The van der Waals surface area contributed by atoms with E-state index in [0.29, 0.717) is 6.54 Å². The van der Waals surface area contributed by atoms with Crippen LogP contribution in [0.5, 0.6) is 0 Å². The zero-order chi connectivity index (χ0) is 17.1. The smallest absolute Gasteiger partial charge is 0.240 e. The molecule has 0 radical (unpaired) electrons. The first-order chi connectivity index (χ1) is 12.3. The van der Waals surface area contributed by atoms with Crippen LogP contribution in [0.15, 0.2) is 71.7 Å². The first kappa shape index (κ1) is 15.1. The van der Waals surface area contributed by atoms with Gasteiger partial charge in [-0.15, -0.1) is 0 Å². The maximum Gasteiger partial charge on any atom is 0.240 e. The Balaban J connectivity index is 1.37. The summed E-state index contributed by atoms with van der Waals surface area (Å²) in [5.41, 5.74) is 3.53. The van der Waals surface area contributed by atoms with Crippen molar-refractivity contribution in [1.29, 1.82) is 0 Å². The van der Waals surface area contributed by atoms with Gasteiger partial charge in [-0.2, -0.15) is 0 Å². The number of hydrogen-bond acceptors (Lipinski definition) is 4. The fourth-order valence-electron chi connectivity index (χ4n) is 2.65. The van der Waals surface area contributed by atoms with Crippen LogP contribution in [-0.2, 0) is 17.9 Å². The van der Waals surface area contributed by atoms with Gasteiger partial charge >= 0.3 is 0 Å². The highest BCUT2D eigenvalue weighted by atomic mass is 16.3. The maximum absolute atomic E-state index is 12.2. The molecule has 1 aromatic carbocycles. The summed E-state index contributed by atoms with van der Waals surface area (Å²) in [6.45, 7) is 0.662. The number of benzene rings is 1. The van der Waals surface area contributed by atoms with Crippen LogP contribution in [0.2, 0.25) is 0 Å². The number of carbonyl (C=O) groups is 1. The van der Waals surface area contributed by atoms with Crippen molar-refractivity contribution in [2.24, 2.45) is 0 Å². The number of aromatic nitrogens is 3. The Morgan fingerprint density at radius 2 is 2.00 bits per heavy atom. The van der Waals surface area contributed by atoms with Crippen LogP contribution in [0.3, 0.4) is 0 Å². The average molecular weight is 332 g/mol. The third kappa shape index (κ3) is 3.28. The van der Waals surface area contributed by atoms with E-state index in [-0.39, 0.29) is 12.5 Å². The Kier molecular flexibility index (Phi) is 4.00. The molecule has 0 aliphatic carbocycles. The van der Waals surface area contributed by atoms with E-state index in [1.165, 1.54) is 0 Å². The number of nitrogens with zero attached hydrogens (tertiary/aromatic N) is 3. The molecule has 1 amide bonds. The van der Waals surface area contributed by atoms with Crippen molar-refractivity contribution < 1.29 is 9.21 Å². The number of pyridine rings is 1. The zero-order valence-electron chi connectivity index (χ0n) is 13.4. The monoisotopic (exact) mass is 332 g/mol. The van der Waals surface area contributed by atoms with Crippen molar-refractivity contribution in [3.8, 4) is 11.5 Å². The zero-order valence-corrected chi connectivity index (χ0v) is 13.4. The van der Waals surface area contributed by atoms with Gasteiger partial charge in [-0.05, 0) is 35.9 Å². The van der Waals surface area contributed by atoms with E-state index in [4.69, 9.17) is 4.42 Å². The van der Waals surface area contributed by atoms with E-state index in [0.717, 1.165) is 28.1 Å². The molecule has 0 unspecified atom stereocenters. The second-order valence-corrected chi connectivity index (χ2v) is 5.67. The molecule has 3 aromatic heterocycles. The van der Waals surface area contributed by atoms with Crippen molar-refractivity contribution in [3.05, 3.63) is 72.9 Å². The van der Waals surface area contributed by atoms with Gasteiger partial charge in [0.15, 0.2) is 5.76 Å². The van der Waals surface area contributed by atoms with Crippen molar-refractivity contribution in [2.75, 3.05) is 0 Å². The predicted octanol–water partition coefficient (Wildman–Crippen LogP) is 3.01. The minimum absolute atomic E-state index is 0.0711. The van der Waals surface area contributed by atoms with Crippen LogP contribution >= 0.6 is 0 Å². The highest BCUT2D eigenvalue weighted by Crippen LogP contribution is 2.17. The van der Waals surface area contributed by atoms with E-state index in [1.54, 1.807) is 18.8 Å². The number of nitrogens with one attached hydrogen (secondary N) is 1. The summed E-state index contributed by atoms with van der Waals surface area (Å²) >= 11 is 0. The average Bonchev–Trinajstić information content (AvgIpc) is 3.31. The molecule has 0 saturated carbocycles. The van der Waals surface area contributed by atoms with Crippen LogP contribution in [0.4, 0.5) is 0 Å². The van der Waals surface area contributed by atoms with Gasteiger partial charge in [0.2, 0.25) is 5.91 Å². The summed E-state index contributed by atoms with van der Waals surface area (Å²) < 4.78 is 7.15. The molecule has 6 nitrogen and oxygen atoms in total. The predicted molar refractivity (Wildman–Crippen MR) is 93.5 cm³/mol. The molecule has 0 aliphatic rings. The number of furan rings is 1. The quantitative estimate of drug-likeness (QED) is 0.610. The number of fused-ring (bicyclic) bond motifs is 1. The second kappa shape index (κ2) is 6.60. The molecule has 0 atom stereocenters. The molecular formula is C19H16N4O2. The fraction of sp³-hybridized carbons (Fsp3) is 0.105. The third-order valence-corrected chi connectivity index (χ3v) is 3.93. The van der Waals surface area contributed by atoms with Crippen LogP contribution in [0, 0.1) is 0 Å². The molecule has 0 aliphatic heterocycles. The summed E-state index contributed by atoms with van der Waals surface area (Å²) in [4.78, 5) is 20.8. The number of para-hydroxylation sites is 2. The molecule has 0 bridgehead atoms. The Bertz CT molecular complexity index is 988. The highest BCUT2D eigenvalue weighted by Gasteiger charge is 2.07. The van der Waals surface area contributed by atoms with Crippen LogP contribution < -0.4 is 5.32 Å². The van der Waals surface area contributed by atoms with E-state index in [1.807, 2.05) is 53.1 Å². The molecule has 4 rings (SSSR count). The van der Waals surface area contributed by atoms with E-state index < -0.39 is 0 Å². The molecule has 1 N–H and O–H groups in total. The number of rotatable bonds is 5. The van der Waals surface area contributed by atoms with Crippen LogP contribution in [0.1, 0.15) is 5.56 Å². The van der Waals surface area contributed by atoms with Gasteiger partial charge in [0, 0.05) is 12.7 Å². The molecule has 0 spiro atoms. The van der Waals surface area contributed by atoms with Gasteiger partial charge in [0.05, 0.1) is 23.6 Å². The lowest BCUT2D eigenvalue weighted by Gasteiger charge is -2.07. The van der Waals surface area contributed by atoms with Crippen molar-refractivity contribution in [3.63, 3.8) is 0 Å². The fourth-order valence-corrected chi connectivity index (χ4v) is 2.65. The van der Waals surface area contributed by atoms with Gasteiger partial charge in [-0.25, -0.2) is 4.98 Å². The lowest BCUT2D eigenvalue weighted by molar-refractivity contribution is -0.121. The number of hydrogen-bond donors (Lipinski definition) is 1. The summed E-state index contributed by atoms with van der Waals surface area (Å²) in [5.74, 6) is 0.654. The van der Waals surface area contributed by atoms with Gasteiger partial charge in [0.25, 0.3) is 0 Å². The highest BCUT2D eigenvalue weighted by molar-refractivity contribution is 5.80. The topological polar surface area (TPSA) is 73.0 Å². The molecule has 4 aromatic rings. The Morgan fingerprint density at radius 3 is 2.80 bits per heavy atom. The SMILES string of the molecule is O=C(Cn1cnc2ccccc21)NCc1ccc(-c2ccco2)nc1. The van der Waals surface area contributed by atoms with E-state index in [9.17, 15) is 4.79 Å². The third-order valence-electron chi connectivity index (χ3n) is 3.93. The van der Waals surface area contributed by atoms with Crippen LogP contribution in [0.25, 0.3) is 22.5 Å². The van der Waals surface area contributed by atoms with Gasteiger partial charge in [-0.3, -0.25) is 9.78 Å². The molecule has 124 valence electrons. The molecule has 0 saturated heterocycles. The second-order valence-electron chi connectivity index (χ2n) is 5.67. The normalized spacial score (nSPS) is 10.9. The summed E-state index contributed by atoms with van der Waals surface area (Å²) in [6, 6.07) is 15.2. The lowest BCUT2D eigenvalue weighted by atomic mass is 10.2. The largest absolute Gasteiger partial charge is 0.463 e. The Morgan fingerprint density at radius 1 is 1.08 bits per heavy atom. The maximum atomic E-state index is 12.2. The number of imidazole rings is 1. The first-order valence-electron chi connectivity index (χ1n) is 7.95. The Hall–Kier alpha value is -3.41. The Labute approximate surface area is 144 Å². The number of amides is 1. The van der Waals surface area contributed by atoms with Crippen molar-refractivity contribution >= 4 is 16.9 Å². The van der Waals surface area contributed by atoms with Gasteiger partial charge in [0.1, 0.15) is 12.2 Å². The van der Waals surface area contributed by atoms with Crippen LogP contribution in [-0.4, -0.2) is 20.4 Å². The molecular weight excluding hydrogens is 316 g/mol. The number of carbonyl (C=O) groups excluding carboxylic acids is 1. The molecule has 0 fully saturated rings. The van der Waals surface area contributed by atoms with Gasteiger partial charge < -0.3 is 14.3 Å². The van der Waals surface area contributed by atoms with Crippen molar-refractivity contribution in [1.82, 2.24) is 19.9 Å². The molecule has 6 heteroatoms. The minimum Gasteiger partial charge on any atom is -0.463 e. The van der Waals surface area contributed by atoms with E-state index >= 15 is 0 Å². The molecule has 25 heavy (non-hydrogen) atoms. The molecule has 3 heterocycles. The summed E-state index contributed by atoms with van der Waals surface area (Å²) in [5, 5.41) is 2.91. The standard InChI is InChI=1S/C19H16N4O2/c24-19(12-23-13-22-15-4-1-2-5-17(15)23)21-11-14-7-8-16(20-10-14)18-6-3-9-25-18/h1-10,13H,11-12H2,(H,21,24). The van der Waals surface area contributed by atoms with Gasteiger partial charge in [-0.1, -0.05) is 18.2 Å². The van der Waals surface area contributed by atoms with Crippen molar-refractivity contribution in [2.45, 2.75) is 13.1 Å².